The van der Waals surface area contributed by atoms with Crippen molar-refractivity contribution in [2.75, 3.05) is 11.3 Å². The van der Waals surface area contributed by atoms with Gasteiger partial charge in [-0.05, 0) is 49.4 Å². The van der Waals surface area contributed by atoms with Crippen LogP contribution in [0, 0.1) is 0 Å². The highest BCUT2D eigenvalue weighted by Crippen LogP contribution is 2.37. The summed E-state index contributed by atoms with van der Waals surface area (Å²) >= 11 is 4.32. The summed E-state index contributed by atoms with van der Waals surface area (Å²) in [6.45, 7) is 1.67. The fraction of sp³-hybridized carbons (Fsp3) is 0.0870. The predicted molar refractivity (Wildman–Crippen MR) is 128 cm³/mol. The average molecular weight is 503 g/mol. The molecule has 0 aliphatic heterocycles. The molecule has 0 spiro atoms. The van der Waals surface area contributed by atoms with Crippen LogP contribution in [0.4, 0.5) is 5.69 Å². The van der Waals surface area contributed by atoms with Crippen LogP contribution >= 0.6 is 11.6 Å². The van der Waals surface area contributed by atoms with E-state index in [-0.39, 0.29) is 22.9 Å². The lowest BCUT2D eigenvalue weighted by Gasteiger charge is -2.15. The number of ether oxygens (including phenoxy) is 1. The van der Waals surface area contributed by atoms with Gasteiger partial charge in [0, 0.05) is 10.4 Å². The second kappa shape index (κ2) is 9.48. The fourth-order valence-electron chi connectivity index (χ4n) is 3.33. The molecule has 1 unspecified atom stereocenters. The summed E-state index contributed by atoms with van der Waals surface area (Å²) in [5.41, 5.74) is 0.116. The first-order valence-electron chi connectivity index (χ1n) is 9.89. The molecule has 7 nitrogen and oxygen atoms in total. The molecule has 0 saturated heterocycles. The second-order valence-electron chi connectivity index (χ2n) is 6.88. The minimum atomic E-state index is -4.08. The number of nitrogens with one attached hydrogen (secondary N) is 1. The normalized spacial score (nSPS) is 12.5. The van der Waals surface area contributed by atoms with Gasteiger partial charge in [0.05, 0.1) is 17.2 Å². The van der Waals surface area contributed by atoms with Crippen LogP contribution < -0.4 is 4.72 Å². The molecule has 4 rings (SSSR count). The maximum absolute atomic E-state index is 13.6. The summed E-state index contributed by atoms with van der Waals surface area (Å²) in [4.78, 5) is 13.5. The number of aromatic nitrogens is 1. The average Bonchev–Trinajstić information content (AvgIpc) is 3.12. The van der Waals surface area contributed by atoms with Gasteiger partial charge in [-0.3, -0.25) is 4.72 Å². The SMILES string of the molecule is CCOC(=O)c1c(NS(=O)(=O)c2ccccc2)c2cc(Cl)ccc2n1[S+]([O-])c1ccccc1. The van der Waals surface area contributed by atoms with Crippen LogP contribution in [0.1, 0.15) is 17.4 Å². The number of hydrogen-bond donors (Lipinski definition) is 1. The molecular weight excluding hydrogens is 484 g/mol. The van der Waals surface area contributed by atoms with E-state index in [1.165, 1.54) is 22.2 Å². The van der Waals surface area contributed by atoms with Crippen molar-refractivity contribution in [3.05, 3.63) is 89.6 Å². The first kappa shape index (κ1) is 23.2. The lowest BCUT2D eigenvalue weighted by molar-refractivity contribution is 0.0520. The molecule has 10 heteroatoms. The fourth-order valence-corrected chi connectivity index (χ4v) is 5.88. The highest BCUT2D eigenvalue weighted by Gasteiger charge is 2.33. The minimum Gasteiger partial charge on any atom is -0.587 e. The largest absolute Gasteiger partial charge is 0.587 e. The number of benzene rings is 3. The second-order valence-corrected chi connectivity index (χ2v) is 10.3. The molecular formula is C23H19ClN2O5S2. The predicted octanol–water partition coefficient (Wildman–Crippen LogP) is 4.84. The Hall–Kier alpha value is -2.98. The van der Waals surface area contributed by atoms with Gasteiger partial charge in [0.1, 0.15) is 16.9 Å². The van der Waals surface area contributed by atoms with E-state index in [9.17, 15) is 17.8 Å². The molecule has 0 aliphatic rings. The molecule has 170 valence electrons. The summed E-state index contributed by atoms with van der Waals surface area (Å²) in [6.07, 6.45) is 0. The topological polar surface area (TPSA) is 100 Å². The zero-order chi connectivity index (χ0) is 23.6. The Bertz CT molecular complexity index is 1410. The Morgan fingerprint density at radius 1 is 1.06 bits per heavy atom. The minimum absolute atomic E-state index is 0.00641. The van der Waals surface area contributed by atoms with Crippen molar-refractivity contribution < 1.29 is 22.5 Å². The van der Waals surface area contributed by atoms with Gasteiger partial charge in [0.2, 0.25) is 5.69 Å². The van der Waals surface area contributed by atoms with Gasteiger partial charge in [-0.2, -0.15) is 0 Å². The standard InChI is InChI=1S/C23H19ClN2O5S2/c1-2-31-23(27)22-21(25-33(29,30)18-11-7-4-8-12-18)19-15-16(24)13-14-20(19)26(22)32(28)17-9-5-3-6-10-17/h3-15,25H,2H2,1H3. The molecule has 4 aromatic rings. The third-order valence-electron chi connectivity index (χ3n) is 4.76. The molecule has 0 radical (unpaired) electrons. The number of fused-ring (bicyclic) bond motifs is 1. The Morgan fingerprint density at radius 2 is 1.70 bits per heavy atom. The number of carbonyl (C=O) groups excluding carboxylic acids is 1. The molecule has 1 heterocycles. The van der Waals surface area contributed by atoms with E-state index in [4.69, 9.17) is 16.3 Å². The summed E-state index contributed by atoms with van der Waals surface area (Å²) in [5, 5.41) is 0.634. The van der Waals surface area contributed by atoms with Crippen LogP contribution in [-0.2, 0) is 26.1 Å². The lowest BCUT2D eigenvalue weighted by atomic mass is 10.2. The molecule has 0 aliphatic carbocycles. The third-order valence-corrected chi connectivity index (χ3v) is 7.74. The van der Waals surface area contributed by atoms with Gasteiger partial charge in [-0.25, -0.2) is 13.2 Å². The number of rotatable bonds is 7. The molecule has 0 fully saturated rings. The molecule has 1 N–H and O–H groups in total. The number of nitrogens with zero attached hydrogens (tertiary/aromatic N) is 1. The molecule has 0 saturated carbocycles. The van der Waals surface area contributed by atoms with Gasteiger partial charge in [0.25, 0.3) is 10.0 Å². The molecule has 0 bridgehead atoms. The molecule has 1 atom stereocenters. The Kier molecular flexibility index (Phi) is 6.66. The number of esters is 1. The number of carbonyl (C=O) groups is 1. The van der Waals surface area contributed by atoms with E-state index in [2.05, 4.69) is 4.72 Å². The lowest BCUT2D eigenvalue weighted by Crippen LogP contribution is -2.22. The maximum Gasteiger partial charge on any atom is 0.361 e. The number of hydrogen-bond acceptors (Lipinski definition) is 5. The van der Waals surface area contributed by atoms with Gasteiger partial charge >= 0.3 is 5.97 Å². The molecule has 1 aromatic heterocycles. The molecule has 33 heavy (non-hydrogen) atoms. The first-order chi connectivity index (χ1) is 15.8. The van der Waals surface area contributed by atoms with Crippen LogP contribution in [0.5, 0.6) is 0 Å². The monoisotopic (exact) mass is 502 g/mol. The van der Waals surface area contributed by atoms with Gasteiger partial charge in [0.15, 0.2) is 4.90 Å². The zero-order valence-corrected chi connectivity index (χ0v) is 19.8. The van der Waals surface area contributed by atoms with Crippen molar-refractivity contribution in [3.8, 4) is 0 Å². The van der Waals surface area contributed by atoms with Crippen molar-refractivity contribution in [2.24, 2.45) is 0 Å². The van der Waals surface area contributed by atoms with Gasteiger partial charge in [-0.1, -0.05) is 48.0 Å². The van der Waals surface area contributed by atoms with E-state index in [1.807, 2.05) is 0 Å². The summed E-state index contributed by atoms with van der Waals surface area (Å²) in [7, 11) is -4.08. The van der Waals surface area contributed by atoms with Crippen molar-refractivity contribution in [3.63, 3.8) is 0 Å². The van der Waals surface area contributed by atoms with Crippen LogP contribution in [0.2, 0.25) is 5.02 Å². The van der Waals surface area contributed by atoms with Crippen molar-refractivity contribution in [1.29, 1.82) is 0 Å². The van der Waals surface area contributed by atoms with E-state index >= 15 is 0 Å². The highest BCUT2D eigenvalue weighted by molar-refractivity contribution is 7.92. The van der Waals surface area contributed by atoms with Crippen molar-refractivity contribution in [1.82, 2.24) is 3.97 Å². The van der Waals surface area contributed by atoms with Gasteiger partial charge < -0.3 is 9.29 Å². The molecule has 0 amide bonds. The zero-order valence-electron chi connectivity index (χ0n) is 17.4. The smallest absolute Gasteiger partial charge is 0.361 e. The van der Waals surface area contributed by atoms with Crippen LogP contribution in [-0.4, -0.2) is 29.5 Å². The summed E-state index contributed by atoms with van der Waals surface area (Å²) in [6, 6.07) is 20.9. The highest BCUT2D eigenvalue weighted by atomic mass is 35.5. The third kappa shape index (κ3) is 4.58. The molecule has 3 aromatic carbocycles. The number of anilines is 1. The summed E-state index contributed by atoms with van der Waals surface area (Å²) in [5.74, 6) is -0.820. The van der Waals surface area contributed by atoms with Crippen LogP contribution in [0.3, 0.4) is 0 Å². The van der Waals surface area contributed by atoms with Crippen molar-refractivity contribution >= 4 is 55.5 Å². The number of sulfonamides is 1. The van der Waals surface area contributed by atoms with E-state index in [1.54, 1.807) is 67.6 Å². The Morgan fingerprint density at radius 3 is 2.33 bits per heavy atom. The van der Waals surface area contributed by atoms with Crippen LogP contribution in [0.25, 0.3) is 10.9 Å². The van der Waals surface area contributed by atoms with E-state index < -0.39 is 27.4 Å². The Labute approximate surface area is 199 Å². The summed E-state index contributed by atoms with van der Waals surface area (Å²) < 4.78 is 48.8. The Balaban J connectivity index is 2.00. The van der Waals surface area contributed by atoms with Crippen LogP contribution in [0.15, 0.2) is 88.7 Å². The van der Waals surface area contributed by atoms with Gasteiger partial charge in [-0.15, -0.1) is 3.97 Å². The number of halogens is 1. The van der Waals surface area contributed by atoms with Crippen molar-refractivity contribution in [2.45, 2.75) is 16.7 Å². The van der Waals surface area contributed by atoms with E-state index in [0.29, 0.717) is 20.8 Å². The van der Waals surface area contributed by atoms with E-state index in [0.717, 1.165) is 0 Å². The maximum atomic E-state index is 13.6. The quantitative estimate of drug-likeness (QED) is 0.288. The first-order valence-corrected chi connectivity index (χ1v) is 12.9.